The van der Waals surface area contributed by atoms with E-state index >= 15 is 0 Å². The molecule has 5 rings (SSSR count). The van der Waals surface area contributed by atoms with E-state index in [9.17, 15) is 14.7 Å². The number of hydrogen-bond donors (Lipinski definition) is 3. The highest BCUT2D eigenvalue weighted by molar-refractivity contribution is 6.34. The molecule has 198 valence electrons. The molecule has 0 spiro atoms. The first-order valence-electron chi connectivity index (χ1n) is 12.1. The van der Waals surface area contributed by atoms with Crippen LogP contribution >= 0.6 is 23.2 Å². The molecular formula is C29H24Cl2N4O4. The van der Waals surface area contributed by atoms with Crippen LogP contribution < -0.4 is 5.32 Å². The Morgan fingerprint density at radius 1 is 1.00 bits per heavy atom. The monoisotopic (exact) mass is 562 g/mol. The summed E-state index contributed by atoms with van der Waals surface area (Å²) in [6, 6.07) is 16.4. The first kappa shape index (κ1) is 26.6. The maximum Gasteiger partial charge on any atom is 0.250 e. The Hall–Kier alpha value is -3.98. The first-order chi connectivity index (χ1) is 18.6. The van der Waals surface area contributed by atoms with Crippen molar-refractivity contribution in [2.75, 3.05) is 11.9 Å². The molecule has 0 aliphatic heterocycles. The number of hydrogen-bond acceptors (Lipinski definition) is 6. The zero-order chi connectivity index (χ0) is 27.9. The molecule has 0 saturated carbocycles. The average Bonchev–Trinajstić information content (AvgIpc) is 3.56. The maximum atomic E-state index is 13.3. The molecule has 8 nitrogen and oxygen atoms in total. The van der Waals surface area contributed by atoms with Crippen molar-refractivity contribution >= 4 is 51.7 Å². The number of nitrogens with zero attached hydrogens (tertiary/aromatic N) is 2. The van der Waals surface area contributed by atoms with Gasteiger partial charge in [-0.15, -0.1) is 0 Å². The lowest BCUT2D eigenvalue weighted by Crippen LogP contribution is -2.22. The summed E-state index contributed by atoms with van der Waals surface area (Å²) in [7, 11) is 0. The molecule has 3 heterocycles. The minimum atomic E-state index is -0.806. The lowest BCUT2D eigenvalue weighted by molar-refractivity contribution is -0.118. The van der Waals surface area contributed by atoms with Crippen molar-refractivity contribution < 1.29 is 19.1 Å². The van der Waals surface area contributed by atoms with Gasteiger partial charge in [-0.1, -0.05) is 68.2 Å². The number of amides is 1. The Balaban J connectivity index is 1.78. The molecule has 3 N–H and O–H groups in total. The average molecular weight is 563 g/mol. The molecule has 0 atom stereocenters. The third kappa shape index (κ3) is 5.18. The Morgan fingerprint density at radius 2 is 1.72 bits per heavy atom. The molecule has 0 saturated heterocycles. The number of aliphatic hydroxyl groups is 1. The fraction of sp³-hybridized carbons (Fsp3) is 0.172. The zero-order valence-electron chi connectivity index (χ0n) is 21.3. The van der Waals surface area contributed by atoms with Gasteiger partial charge in [0.1, 0.15) is 12.3 Å². The van der Waals surface area contributed by atoms with Gasteiger partial charge < -0.3 is 14.8 Å². The van der Waals surface area contributed by atoms with Gasteiger partial charge in [-0.2, -0.15) is 5.10 Å². The molecule has 0 aliphatic carbocycles. The maximum absolute atomic E-state index is 13.3. The summed E-state index contributed by atoms with van der Waals surface area (Å²) in [4.78, 5) is 30.3. The Morgan fingerprint density at radius 3 is 2.33 bits per heavy atom. The van der Waals surface area contributed by atoms with Crippen molar-refractivity contribution in [1.82, 2.24) is 15.2 Å². The van der Waals surface area contributed by atoms with E-state index in [2.05, 4.69) is 15.5 Å². The molecule has 2 aromatic carbocycles. The minimum Gasteiger partial charge on any atom is -0.432 e. The Labute approximate surface area is 234 Å². The number of carbonyl (C=O) groups excluding carboxylic acids is 2. The number of aromatic nitrogens is 3. The SMILES string of the molecule is CC(C)(C)C(=O)c1oc2nc(-c3ccc(-c4cc[nH]n4)cc3Cl)c(-c3ccc(Cl)cc3)cc2c1NC(=O)CO. The molecule has 39 heavy (non-hydrogen) atoms. The molecule has 3 aromatic heterocycles. The van der Waals surface area contributed by atoms with E-state index in [1.807, 2.05) is 30.3 Å². The van der Waals surface area contributed by atoms with Gasteiger partial charge in [0.15, 0.2) is 5.76 Å². The third-order valence-electron chi connectivity index (χ3n) is 6.15. The van der Waals surface area contributed by atoms with E-state index in [-0.39, 0.29) is 22.9 Å². The second kappa shape index (κ2) is 10.3. The van der Waals surface area contributed by atoms with Crippen LogP contribution in [0.25, 0.3) is 44.7 Å². The number of fused-ring (bicyclic) bond motifs is 1. The smallest absolute Gasteiger partial charge is 0.250 e. The molecule has 5 aromatic rings. The van der Waals surface area contributed by atoms with Crippen LogP contribution in [0.1, 0.15) is 31.3 Å². The van der Waals surface area contributed by atoms with Crippen molar-refractivity contribution in [2.24, 2.45) is 5.41 Å². The van der Waals surface area contributed by atoms with E-state index < -0.39 is 17.9 Å². The van der Waals surface area contributed by atoms with Crippen LogP contribution in [0.15, 0.2) is 65.2 Å². The number of aliphatic hydroxyl groups excluding tert-OH is 1. The number of aromatic amines is 1. The number of pyridine rings is 1. The second-order valence-corrected chi connectivity index (χ2v) is 10.8. The van der Waals surface area contributed by atoms with Gasteiger partial charge >= 0.3 is 0 Å². The normalized spacial score (nSPS) is 11.6. The summed E-state index contributed by atoms with van der Waals surface area (Å²) in [5, 5.41) is 20.4. The molecule has 0 aliphatic rings. The van der Waals surface area contributed by atoms with Gasteiger partial charge in [0.2, 0.25) is 17.4 Å². The van der Waals surface area contributed by atoms with Gasteiger partial charge in [0.05, 0.1) is 21.8 Å². The van der Waals surface area contributed by atoms with Gasteiger partial charge in [-0.05, 0) is 35.9 Å². The highest BCUT2D eigenvalue weighted by Crippen LogP contribution is 2.42. The van der Waals surface area contributed by atoms with E-state index in [1.54, 1.807) is 51.2 Å². The number of halogens is 2. The second-order valence-electron chi connectivity index (χ2n) is 9.99. The lowest BCUT2D eigenvalue weighted by atomic mass is 9.88. The van der Waals surface area contributed by atoms with Gasteiger partial charge in [0.25, 0.3) is 0 Å². The number of furan rings is 1. The number of nitrogens with one attached hydrogen (secondary N) is 2. The number of carbonyl (C=O) groups is 2. The summed E-state index contributed by atoms with van der Waals surface area (Å²) >= 11 is 12.9. The van der Waals surface area contributed by atoms with Gasteiger partial charge in [-0.25, -0.2) is 4.98 Å². The van der Waals surface area contributed by atoms with Crippen molar-refractivity contribution in [3.05, 3.63) is 76.6 Å². The minimum absolute atomic E-state index is 0.0500. The predicted octanol–water partition coefficient (Wildman–Crippen LogP) is 7.02. The highest BCUT2D eigenvalue weighted by atomic mass is 35.5. The zero-order valence-corrected chi connectivity index (χ0v) is 22.8. The molecular weight excluding hydrogens is 539 g/mol. The number of rotatable bonds is 6. The third-order valence-corrected chi connectivity index (χ3v) is 6.72. The van der Waals surface area contributed by atoms with Crippen LogP contribution in [0.5, 0.6) is 0 Å². The summed E-state index contributed by atoms with van der Waals surface area (Å²) in [5.41, 5.74) is 3.63. The number of ketones is 1. The van der Waals surface area contributed by atoms with Crippen LogP contribution in [0.4, 0.5) is 5.69 Å². The van der Waals surface area contributed by atoms with E-state index in [0.717, 1.165) is 16.8 Å². The van der Waals surface area contributed by atoms with Crippen LogP contribution in [0.2, 0.25) is 10.0 Å². The molecule has 0 fully saturated rings. The highest BCUT2D eigenvalue weighted by Gasteiger charge is 2.32. The molecule has 10 heteroatoms. The summed E-state index contributed by atoms with van der Waals surface area (Å²) in [6.45, 7) is 4.49. The molecule has 0 bridgehead atoms. The quantitative estimate of drug-likeness (QED) is 0.191. The fourth-order valence-corrected chi connectivity index (χ4v) is 4.57. The van der Waals surface area contributed by atoms with Crippen molar-refractivity contribution in [1.29, 1.82) is 0 Å². The number of H-pyrrole nitrogens is 1. The number of benzene rings is 2. The lowest BCUT2D eigenvalue weighted by Gasteiger charge is -2.15. The van der Waals surface area contributed by atoms with Crippen molar-refractivity contribution in [3.63, 3.8) is 0 Å². The summed E-state index contributed by atoms with van der Waals surface area (Å²) in [5.74, 6) is -1.06. The number of Topliss-reactive ketones (excluding diaryl/α,β-unsaturated/α-hetero) is 1. The van der Waals surface area contributed by atoms with E-state index in [4.69, 9.17) is 32.6 Å². The van der Waals surface area contributed by atoms with Gasteiger partial charge in [0, 0.05) is 33.3 Å². The molecule has 0 radical (unpaired) electrons. The predicted molar refractivity (Wildman–Crippen MR) is 152 cm³/mol. The van der Waals surface area contributed by atoms with Crippen LogP contribution in [-0.4, -0.2) is 38.6 Å². The van der Waals surface area contributed by atoms with Crippen LogP contribution in [0.3, 0.4) is 0 Å². The summed E-state index contributed by atoms with van der Waals surface area (Å²) in [6.07, 6.45) is 1.73. The van der Waals surface area contributed by atoms with Crippen LogP contribution in [-0.2, 0) is 4.79 Å². The standard InChI is InChI=1S/C29H24Cl2N4O4/c1-29(2,3)27(38)26-25(33-23(37)14-36)20-13-19(15-4-7-17(30)8-5-15)24(34-28(20)39-26)18-9-6-16(12-21(18)31)22-10-11-32-35-22/h4-13,36H,14H2,1-3H3,(H,32,35)(H,33,37). The molecule has 0 unspecified atom stereocenters. The largest absolute Gasteiger partial charge is 0.432 e. The summed E-state index contributed by atoms with van der Waals surface area (Å²) < 4.78 is 5.99. The Kier molecular flexibility index (Phi) is 7.03. The van der Waals surface area contributed by atoms with Gasteiger partial charge in [-0.3, -0.25) is 14.7 Å². The first-order valence-corrected chi connectivity index (χ1v) is 12.8. The van der Waals surface area contributed by atoms with Crippen molar-refractivity contribution in [3.8, 4) is 33.6 Å². The fourth-order valence-electron chi connectivity index (χ4n) is 4.17. The van der Waals surface area contributed by atoms with Crippen LogP contribution in [0, 0.1) is 5.41 Å². The number of anilines is 1. The van der Waals surface area contributed by atoms with E-state index in [0.29, 0.717) is 32.3 Å². The van der Waals surface area contributed by atoms with E-state index in [1.165, 1.54) is 0 Å². The van der Waals surface area contributed by atoms with Crippen molar-refractivity contribution in [2.45, 2.75) is 20.8 Å². The molecule has 1 amide bonds. The topological polar surface area (TPSA) is 121 Å². The Bertz CT molecular complexity index is 1700.